The van der Waals surface area contributed by atoms with Gasteiger partial charge in [0.05, 0.1) is 45.9 Å². The number of anilines is 1. The molecule has 0 fully saturated rings. The summed E-state index contributed by atoms with van der Waals surface area (Å²) in [4.78, 5) is 46.8. The number of Topliss-reactive ketones (excluding diaryl/α,β-unsaturated/α-hetero) is 1. The molecule has 0 radical (unpaired) electrons. The SMILES string of the molecule is CCCC(=O)Nc1cncc(-c2cc3c(-c4nc5c(-c6ccc(C(C)=O)s6)cncc5[nH]4)n[nH]c3cn2)c1. The zero-order valence-electron chi connectivity index (χ0n) is 20.6. The number of nitrogens with one attached hydrogen (secondary N) is 3. The van der Waals surface area contributed by atoms with Gasteiger partial charge in [-0.1, -0.05) is 6.92 Å². The zero-order chi connectivity index (χ0) is 26.2. The van der Waals surface area contributed by atoms with Gasteiger partial charge in [-0.15, -0.1) is 11.3 Å². The van der Waals surface area contributed by atoms with Crippen LogP contribution in [0.2, 0.25) is 0 Å². The normalized spacial score (nSPS) is 11.3. The smallest absolute Gasteiger partial charge is 0.224 e. The zero-order valence-corrected chi connectivity index (χ0v) is 21.4. The van der Waals surface area contributed by atoms with Gasteiger partial charge in [0.1, 0.15) is 11.2 Å². The van der Waals surface area contributed by atoms with Crippen LogP contribution in [0.3, 0.4) is 0 Å². The van der Waals surface area contributed by atoms with E-state index in [1.54, 1.807) is 37.9 Å². The van der Waals surface area contributed by atoms with Crippen molar-refractivity contribution in [2.24, 2.45) is 0 Å². The molecule has 0 atom stereocenters. The van der Waals surface area contributed by atoms with Gasteiger partial charge in [-0.05, 0) is 37.6 Å². The lowest BCUT2D eigenvalue weighted by molar-refractivity contribution is -0.116. The molecule has 3 N–H and O–H groups in total. The molecule has 6 heterocycles. The van der Waals surface area contributed by atoms with Gasteiger partial charge in [0.2, 0.25) is 5.91 Å². The van der Waals surface area contributed by atoms with Crippen LogP contribution in [0, 0.1) is 0 Å². The maximum absolute atomic E-state index is 12.0. The van der Waals surface area contributed by atoms with Crippen molar-refractivity contribution in [3.05, 3.63) is 60.1 Å². The number of nitrogens with zero attached hydrogens (tertiary/aromatic N) is 5. The van der Waals surface area contributed by atoms with E-state index in [9.17, 15) is 9.59 Å². The summed E-state index contributed by atoms with van der Waals surface area (Å²) in [5, 5.41) is 11.2. The van der Waals surface area contributed by atoms with E-state index in [1.807, 2.05) is 31.2 Å². The summed E-state index contributed by atoms with van der Waals surface area (Å²) < 4.78 is 0. The van der Waals surface area contributed by atoms with E-state index in [0.29, 0.717) is 34.2 Å². The molecule has 0 aromatic carbocycles. The van der Waals surface area contributed by atoms with Crippen molar-refractivity contribution in [1.29, 1.82) is 0 Å². The molecule has 0 saturated heterocycles. The third-order valence-corrected chi connectivity index (χ3v) is 7.30. The summed E-state index contributed by atoms with van der Waals surface area (Å²) in [5.41, 5.74) is 5.83. The van der Waals surface area contributed by atoms with E-state index in [0.717, 1.165) is 44.4 Å². The van der Waals surface area contributed by atoms with Crippen molar-refractivity contribution in [3.8, 4) is 33.2 Å². The highest BCUT2D eigenvalue weighted by Crippen LogP contribution is 2.35. The number of hydrogen-bond donors (Lipinski definition) is 3. The first-order valence-corrected chi connectivity index (χ1v) is 12.9. The first kappa shape index (κ1) is 23.6. The second-order valence-electron chi connectivity index (χ2n) is 8.84. The number of ketones is 1. The average molecular weight is 523 g/mol. The number of imidazole rings is 1. The van der Waals surface area contributed by atoms with Crippen molar-refractivity contribution in [2.75, 3.05) is 5.32 Å². The van der Waals surface area contributed by atoms with E-state index in [-0.39, 0.29) is 11.7 Å². The number of aromatic amines is 2. The average Bonchev–Trinajstić information content (AvgIpc) is 3.66. The van der Waals surface area contributed by atoms with Gasteiger partial charge in [-0.3, -0.25) is 29.6 Å². The Morgan fingerprint density at radius 1 is 1.03 bits per heavy atom. The molecule has 6 aromatic rings. The Balaban J connectivity index is 1.39. The first-order chi connectivity index (χ1) is 18.5. The van der Waals surface area contributed by atoms with Crippen LogP contribution < -0.4 is 5.32 Å². The van der Waals surface area contributed by atoms with Gasteiger partial charge in [-0.2, -0.15) is 5.10 Å². The lowest BCUT2D eigenvalue weighted by atomic mass is 10.1. The predicted octanol–water partition coefficient (Wildman–Crippen LogP) is 5.63. The molecule has 11 heteroatoms. The quantitative estimate of drug-likeness (QED) is 0.231. The molecular weight excluding hydrogens is 500 g/mol. The second kappa shape index (κ2) is 9.60. The molecule has 0 aliphatic heterocycles. The van der Waals surface area contributed by atoms with Gasteiger partial charge in [-0.25, -0.2) is 4.98 Å². The Kier molecular flexibility index (Phi) is 5.97. The number of thiophene rings is 1. The molecule has 0 aliphatic carbocycles. The number of aromatic nitrogens is 7. The van der Waals surface area contributed by atoms with E-state index in [2.05, 4.69) is 35.5 Å². The van der Waals surface area contributed by atoms with Crippen LogP contribution in [-0.2, 0) is 4.79 Å². The van der Waals surface area contributed by atoms with Crippen molar-refractivity contribution in [1.82, 2.24) is 35.1 Å². The van der Waals surface area contributed by atoms with Crippen LogP contribution in [0.4, 0.5) is 5.69 Å². The Labute approximate surface area is 220 Å². The molecule has 188 valence electrons. The fraction of sp³-hybridized carbons (Fsp3) is 0.148. The second-order valence-corrected chi connectivity index (χ2v) is 9.92. The molecule has 0 unspecified atom stereocenters. The molecule has 6 rings (SSSR count). The van der Waals surface area contributed by atoms with Crippen LogP contribution in [0.1, 0.15) is 36.4 Å². The van der Waals surface area contributed by atoms with Crippen LogP contribution in [0.25, 0.3) is 55.2 Å². The minimum atomic E-state index is -0.0502. The molecule has 38 heavy (non-hydrogen) atoms. The fourth-order valence-corrected chi connectivity index (χ4v) is 5.16. The van der Waals surface area contributed by atoms with Crippen LogP contribution in [0.15, 0.2) is 55.2 Å². The highest BCUT2D eigenvalue weighted by Gasteiger charge is 2.18. The van der Waals surface area contributed by atoms with E-state index < -0.39 is 0 Å². The van der Waals surface area contributed by atoms with Gasteiger partial charge < -0.3 is 10.3 Å². The summed E-state index contributed by atoms with van der Waals surface area (Å²) >= 11 is 1.42. The Bertz CT molecular complexity index is 1830. The summed E-state index contributed by atoms with van der Waals surface area (Å²) in [5.74, 6) is 0.561. The topological polar surface area (TPSA) is 142 Å². The van der Waals surface area contributed by atoms with Crippen molar-refractivity contribution < 1.29 is 9.59 Å². The van der Waals surface area contributed by atoms with Gasteiger partial charge in [0.15, 0.2) is 11.6 Å². The van der Waals surface area contributed by atoms with E-state index in [4.69, 9.17) is 4.98 Å². The van der Waals surface area contributed by atoms with Crippen LogP contribution >= 0.6 is 11.3 Å². The van der Waals surface area contributed by atoms with Crippen molar-refractivity contribution in [2.45, 2.75) is 26.7 Å². The number of fused-ring (bicyclic) bond motifs is 2. The monoisotopic (exact) mass is 522 g/mol. The Hall–Kier alpha value is -4.77. The Morgan fingerprint density at radius 3 is 2.71 bits per heavy atom. The molecule has 6 aromatic heterocycles. The van der Waals surface area contributed by atoms with E-state index in [1.165, 1.54) is 11.3 Å². The minimum Gasteiger partial charge on any atom is -0.335 e. The molecule has 0 spiro atoms. The molecule has 10 nitrogen and oxygen atoms in total. The number of rotatable bonds is 7. The minimum absolute atomic E-state index is 0.0283. The number of pyridine rings is 3. The fourth-order valence-electron chi connectivity index (χ4n) is 4.25. The summed E-state index contributed by atoms with van der Waals surface area (Å²) in [6.45, 7) is 3.52. The lowest BCUT2D eigenvalue weighted by Crippen LogP contribution is -2.10. The summed E-state index contributed by atoms with van der Waals surface area (Å²) in [6.07, 6.45) is 9.74. The Morgan fingerprint density at radius 2 is 1.89 bits per heavy atom. The van der Waals surface area contributed by atoms with Gasteiger partial charge in [0, 0.05) is 40.2 Å². The maximum atomic E-state index is 12.0. The number of H-pyrrole nitrogens is 2. The van der Waals surface area contributed by atoms with E-state index >= 15 is 0 Å². The summed E-state index contributed by atoms with van der Waals surface area (Å²) in [6, 6.07) is 7.52. The predicted molar refractivity (Wildman–Crippen MR) is 147 cm³/mol. The molecule has 0 saturated carbocycles. The van der Waals surface area contributed by atoms with Gasteiger partial charge >= 0.3 is 0 Å². The third kappa shape index (κ3) is 4.33. The number of hydrogen-bond acceptors (Lipinski definition) is 8. The molecular formula is C27H22N8O2S. The van der Waals surface area contributed by atoms with Gasteiger partial charge in [0.25, 0.3) is 0 Å². The van der Waals surface area contributed by atoms with Crippen LogP contribution in [0.5, 0.6) is 0 Å². The van der Waals surface area contributed by atoms with Crippen molar-refractivity contribution >= 4 is 50.7 Å². The third-order valence-electron chi connectivity index (χ3n) is 6.08. The van der Waals surface area contributed by atoms with Crippen molar-refractivity contribution in [3.63, 3.8) is 0 Å². The summed E-state index contributed by atoms with van der Waals surface area (Å²) in [7, 11) is 0. The molecule has 1 amide bonds. The number of carbonyl (C=O) groups is 2. The largest absolute Gasteiger partial charge is 0.335 e. The molecule has 0 aliphatic rings. The first-order valence-electron chi connectivity index (χ1n) is 12.0. The number of amides is 1. The maximum Gasteiger partial charge on any atom is 0.224 e. The highest BCUT2D eigenvalue weighted by molar-refractivity contribution is 7.17. The lowest BCUT2D eigenvalue weighted by Gasteiger charge is -2.06. The van der Waals surface area contributed by atoms with Crippen LogP contribution in [-0.4, -0.2) is 46.8 Å². The highest BCUT2D eigenvalue weighted by atomic mass is 32.1. The number of carbonyl (C=O) groups excluding carboxylic acids is 2. The standard InChI is InChI=1S/C27H22N8O2S/c1-3-4-24(37)31-16-7-15(9-28-10-16)19-8-17-20(13-30-19)34-35-26(17)27-32-21-12-29-11-18(25(21)33-27)23-6-5-22(38-23)14(2)36/h5-13H,3-4H2,1-2H3,(H,31,37)(H,32,33)(H,34,35). The molecule has 0 bridgehead atoms.